The molecule has 0 bridgehead atoms. The Morgan fingerprint density at radius 3 is 2.50 bits per heavy atom. The van der Waals surface area contributed by atoms with Crippen molar-refractivity contribution < 1.29 is 19.1 Å². The summed E-state index contributed by atoms with van der Waals surface area (Å²) in [5.74, 6) is 0.365. The van der Waals surface area contributed by atoms with Gasteiger partial charge in [0.05, 0.1) is 19.2 Å². The number of aromatic nitrogens is 2. The maximum atomic E-state index is 12.2. The van der Waals surface area contributed by atoms with Gasteiger partial charge in [-0.1, -0.05) is 17.7 Å². The number of anilines is 1. The van der Waals surface area contributed by atoms with Crippen LogP contribution in [0, 0.1) is 6.92 Å². The normalized spacial score (nSPS) is 11.9. The molecule has 1 amide bonds. The van der Waals surface area contributed by atoms with Crippen LogP contribution in [-0.2, 0) is 14.3 Å². The van der Waals surface area contributed by atoms with E-state index >= 15 is 0 Å². The van der Waals surface area contributed by atoms with Crippen LogP contribution in [0.25, 0.3) is 0 Å². The molecule has 0 aliphatic carbocycles. The molecule has 140 valence electrons. The van der Waals surface area contributed by atoms with E-state index < -0.39 is 18.0 Å². The summed E-state index contributed by atoms with van der Waals surface area (Å²) in [6, 6.07) is 9.35. The number of benzene rings is 1. The number of nitrogens with one attached hydrogen (secondary N) is 1. The highest BCUT2D eigenvalue weighted by Crippen LogP contribution is 2.14. The lowest BCUT2D eigenvalue weighted by atomic mass is 10.2. The van der Waals surface area contributed by atoms with E-state index in [0.717, 1.165) is 5.56 Å². The molecule has 0 aliphatic rings. The van der Waals surface area contributed by atoms with Crippen LogP contribution >= 0.6 is 0 Å². The number of amides is 1. The van der Waals surface area contributed by atoms with E-state index in [2.05, 4.69) is 10.4 Å². The predicted octanol–water partition coefficient (Wildman–Crippen LogP) is 3.11. The van der Waals surface area contributed by atoms with Gasteiger partial charge < -0.3 is 14.8 Å². The average Bonchev–Trinajstić information content (AvgIpc) is 3.05. The number of carbonyl (C=O) groups is 2. The van der Waals surface area contributed by atoms with Crippen molar-refractivity contribution in [2.24, 2.45) is 0 Å². The monoisotopic (exact) mass is 359 g/mol. The third-order valence-corrected chi connectivity index (χ3v) is 3.68. The Morgan fingerprint density at radius 1 is 1.15 bits per heavy atom. The molecule has 0 unspecified atom stereocenters. The van der Waals surface area contributed by atoms with Gasteiger partial charge in [-0.3, -0.25) is 9.59 Å². The third-order valence-electron chi connectivity index (χ3n) is 3.68. The zero-order valence-electron chi connectivity index (χ0n) is 15.6. The van der Waals surface area contributed by atoms with E-state index in [1.54, 1.807) is 16.9 Å². The van der Waals surface area contributed by atoms with Gasteiger partial charge in [0.25, 0.3) is 5.91 Å². The summed E-state index contributed by atoms with van der Waals surface area (Å²) in [6.45, 7) is 7.63. The number of hydrogen-bond acceptors (Lipinski definition) is 5. The molecule has 1 N–H and O–H groups in total. The second-order valence-corrected chi connectivity index (χ2v) is 6.29. The van der Waals surface area contributed by atoms with Crippen molar-refractivity contribution in [3.63, 3.8) is 0 Å². The number of esters is 1. The highest BCUT2D eigenvalue weighted by molar-refractivity contribution is 5.94. The predicted molar refractivity (Wildman–Crippen MR) is 98.1 cm³/mol. The molecule has 0 radical (unpaired) electrons. The molecule has 1 aromatic carbocycles. The fourth-order valence-electron chi connectivity index (χ4n) is 2.25. The van der Waals surface area contributed by atoms with Crippen LogP contribution < -0.4 is 10.1 Å². The fraction of sp³-hybridized carbons (Fsp3) is 0.421. The van der Waals surface area contributed by atoms with Crippen molar-refractivity contribution in [3.05, 3.63) is 42.1 Å². The Bertz CT molecular complexity index is 737. The molecule has 0 spiro atoms. The van der Waals surface area contributed by atoms with E-state index in [1.165, 1.54) is 6.92 Å². The number of nitrogens with zero attached hydrogens (tertiary/aromatic N) is 2. The van der Waals surface area contributed by atoms with E-state index in [9.17, 15) is 9.59 Å². The van der Waals surface area contributed by atoms with Crippen LogP contribution in [-0.4, -0.2) is 34.4 Å². The second-order valence-electron chi connectivity index (χ2n) is 6.29. The van der Waals surface area contributed by atoms with Gasteiger partial charge in [-0.2, -0.15) is 5.10 Å². The van der Waals surface area contributed by atoms with Gasteiger partial charge in [0.15, 0.2) is 6.10 Å². The number of ether oxygens (including phenoxy) is 2. The first-order valence-electron chi connectivity index (χ1n) is 8.60. The molecule has 1 aromatic heterocycles. The van der Waals surface area contributed by atoms with Crippen molar-refractivity contribution in [2.45, 2.75) is 46.3 Å². The van der Waals surface area contributed by atoms with Crippen molar-refractivity contribution >= 4 is 17.7 Å². The molecule has 0 aliphatic heterocycles. The largest absolute Gasteiger partial charge is 0.493 e. The summed E-state index contributed by atoms with van der Waals surface area (Å²) >= 11 is 0. The SMILES string of the molecule is Cc1ccc(OCCC(=O)O[C@H](C)C(=O)Nc2ccnn2C(C)C)cc1. The Kier molecular flexibility index (Phi) is 6.77. The first-order chi connectivity index (χ1) is 12.4. The smallest absolute Gasteiger partial charge is 0.310 e. The Morgan fingerprint density at radius 2 is 1.85 bits per heavy atom. The number of aryl methyl sites for hydroxylation is 1. The highest BCUT2D eigenvalue weighted by atomic mass is 16.5. The molecule has 0 saturated carbocycles. The topological polar surface area (TPSA) is 82.4 Å². The third kappa shape index (κ3) is 5.61. The molecular formula is C19H25N3O4. The minimum Gasteiger partial charge on any atom is -0.493 e. The van der Waals surface area contributed by atoms with E-state index in [-0.39, 0.29) is 19.1 Å². The van der Waals surface area contributed by atoms with E-state index in [4.69, 9.17) is 9.47 Å². The van der Waals surface area contributed by atoms with Crippen LogP contribution in [0.4, 0.5) is 5.82 Å². The van der Waals surface area contributed by atoms with Crippen molar-refractivity contribution in [2.75, 3.05) is 11.9 Å². The van der Waals surface area contributed by atoms with Crippen LogP contribution in [0.15, 0.2) is 36.5 Å². The zero-order valence-corrected chi connectivity index (χ0v) is 15.6. The summed E-state index contributed by atoms with van der Waals surface area (Å²) < 4.78 is 12.3. The van der Waals surface area contributed by atoms with Crippen LogP contribution in [0.2, 0.25) is 0 Å². The highest BCUT2D eigenvalue weighted by Gasteiger charge is 2.19. The molecule has 1 heterocycles. The molecule has 7 heteroatoms. The minimum atomic E-state index is -0.905. The molecule has 0 saturated heterocycles. The van der Waals surface area contributed by atoms with Crippen LogP contribution in [0.5, 0.6) is 5.75 Å². The summed E-state index contributed by atoms with van der Waals surface area (Å²) in [4.78, 5) is 24.1. The fourth-order valence-corrected chi connectivity index (χ4v) is 2.25. The van der Waals surface area contributed by atoms with E-state index in [1.807, 2.05) is 45.0 Å². The Labute approximate surface area is 153 Å². The molecule has 2 aromatic rings. The van der Waals surface area contributed by atoms with Gasteiger partial charge in [0, 0.05) is 12.1 Å². The lowest BCUT2D eigenvalue weighted by Gasteiger charge is -2.15. The van der Waals surface area contributed by atoms with E-state index in [0.29, 0.717) is 11.6 Å². The summed E-state index contributed by atoms with van der Waals surface area (Å²) in [7, 11) is 0. The molecule has 1 atom stereocenters. The Balaban J connectivity index is 1.76. The molecule has 26 heavy (non-hydrogen) atoms. The Hall–Kier alpha value is -2.83. The molecule has 7 nitrogen and oxygen atoms in total. The molecule has 0 fully saturated rings. The minimum absolute atomic E-state index is 0.0649. The number of carbonyl (C=O) groups excluding carboxylic acids is 2. The summed E-state index contributed by atoms with van der Waals surface area (Å²) in [5.41, 5.74) is 1.13. The van der Waals surface area contributed by atoms with Gasteiger partial charge in [-0.15, -0.1) is 0 Å². The van der Waals surface area contributed by atoms with Crippen molar-refractivity contribution in [1.29, 1.82) is 0 Å². The lowest BCUT2D eigenvalue weighted by Crippen LogP contribution is -2.31. The molecular weight excluding hydrogens is 334 g/mol. The van der Waals surface area contributed by atoms with Crippen LogP contribution in [0.3, 0.4) is 0 Å². The first kappa shape index (κ1) is 19.5. The quantitative estimate of drug-likeness (QED) is 0.732. The van der Waals surface area contributed by atoms with Gasteiger partial charge in [0.1, 0.15) is 11.6 Å². The second kappa shape index (κ2) is 9.03. The summed E-state index contributed by atoms with van der Waals surface area (Å²) in [5, 5.41) is 6.86. The summed E-state index contributed by atoms with van der Waals surface area (Å²) in [6.07, 6.45) is 0.766. The number of rotatable bonds is 8. The average molecular weight is 359 g/mol. The lowest BCUT2D eigenvalue weighted by molar-refractivity contribution is -0.153. The van der Waals surface area contributed by atoms with Gasteiger partial charge in [0.2, 0.25) is 0 Å². The first-order valence-corrected chi connectivity index (χ1v) is 8.60. The van der Waals surface area contributed by atoms with Crippen molar-refractivity contribution in [1.82, 2.24) is 9.78 Å². The molecule has 2 rings (SSSR count). The van der Waals surface area contributed by atoms with Gasteiger partial charge in [-0.25, -0.2) is 4.68 Å². The van der Waals surface area contributed by atoms with Crippen LogP contribution in [0.1, 0.15) is 38.8 Å². The zero-order chi connectivity index (χ0) is 19.1. The maximum absolute atomic E-state index is 12.2. The number of hydrogen-bond donors (Lipinski definition) is 1. The standard InChI is InChI=1S/C19H25N3O4/c1-13(2)22-17(9-11-20-22)21-19(24)15(4)26-18(23)10-12-25-16-7-5-14(3)6-8-16/h5-9,11,13,15H,10,12H2,1-4H3,(H,21,24)/t15-/m1/s1. The van der Waals surface area contributed by atoms with Gasteiger partial charge >= 0.3 is 5.97 Å². The van der Waals surface area contributed by atoms with Crippen molar-refractivity contribution in [3.8, 4) is 5.75 Å². The van der Waals surface area contributed by atoms with Gasteiger partial charge in [-0.05, 0) is 39.8 Å². The maximum Gasteiger partial charge on any atom is 0.310 e.